The number of carbonyl (C=O) groups is 2. The summed E-state index contributed by atoms with van der Waals surface area (Å²) >= 11 is 0. The summed E-state index contributed by atoms with van der Waals surface area (Å²) in [5.41, 5.74) is 5.62. The van der Waals surface area contributed by atoms with Gasteiger partial charge in [0.1, 0.15) is 0 Å². The smallest absolute Gasteiger partial charge is 0.252 e. The van der Waals surface area contributed by atoms with E-state index in [0.717, 1.165) is 22.4 Å². The van der Waals surface area contributed by atoms with Gasteiger partial charge in [-0.3, -0.25) is 14.6 Å². The zero-order valence-corrected chi connectivity index (χ0v) is 17.4. The summed E-state index contributed by atoms with van der Waals surface area (Å²) in [6, 6.07) is 18.8. The average molecular weight is 403 g/mol. The van der Waals surface area contributed by atoms with E-state index in [1.165, 1.54) is 0 Å². The number of nitrogens with one attached hydrogen (secondary N) is 2. The van der Waals surface area contributed by atoms with Crippen LogP contribution in [0.5, 0.6) is 0 Å². The van der Waals surface area contributed by atoms with Gasteiger partial charge in [0.05, 0.1) is 23.6 Å². The van der Waals surface area contributed by atoms with Gasteiger partial charge in [0, 0.05) is 31.8 Å². The van der Waals surface area contributed by atoms with Crippen molar-refractivity contribution in [2.45, 2.75) is 20.1 Å². The summed E-state index contributed by atoms with van der Waals surface area (Å²) in [4.78, 5) is 28.7. The van der Waals surface area contributed by atoms with Gasteiger partial charge in [-0.15, -0.1) is 0 Å². The molecule has 0 bridgehead atoms. The highest BCUT2D eigenvalue weighted by atomic mass is 16.5. The van der Waals surface area contributed by atoms with Crippen molar-refractivity contribution in [3.05, 3.63) is 88.6 Å². The molecule has 0 saturated heterocycles. The maximum Gasteiger partial charge on any atom is 0.252 e. The van der Waals surface area contributed by atoms with Gasteiger partial charge in [-0.1, -0.05) is 36.4 Å². The van der Waals surface area contributed by atoms with Crippen LogP contribution in [0, 0.1) is 6.92 Å². The van der Waals surface area contributed by atoms with E-state index in [-0.39, 0.29) is 11.8 Å². The fourth-order valence-electron chi connectivity index (χ4n) is 3.09. The molecule has 3 aromatic rings. The Morgan fingerprint density at radius 3 is 2.17 bits per heavy atom. The van der Waals surface area contributed by atoms with Crippen LogP contribution in [0.25, 0.3) is 11.3 Å². The minimum absolute atomic E-state index is 0.120. The number of hydrogen-bond donors (Lipinski definition) is 2. The summed E-state index contributed by atoms with van der Waals surface area (Å²) in [6.45, 7) is 2.78. The van der Waals surface area contributed by atoms with E-state index in [1.807, 2.05) is 49.4 Å². The molecule has 3 rings (SSSR count). The first-order valence-corrected chi connectivity index (χ1v) is 9.67. The molecule has 154 valence electrons. The van der Waals surface area contributed by atoms with Crippen molar-refractivity contribution in [1.29, 1.82) is 0 Å². The van der Waals surface area contributed by atoms with E-state index >= 15 is 0 Å². The maximum atomic E-state index is 12.3. The van der Waals surface area contributed by atoms with E-state index in [2.05, 4.69) is 15.6 Å². The largest absolute Gasteiger partial charge is 0.380 e. The molecule has 6 heteroatoms. The van der Waals surface area contributed by atoms with Gasteiger partial charge >= 0.3 is 0 Å². The van der Waals surface area contributed by atoms with Crippen molar-refractivity contribution in [1.82, 2.24) is 15.6 Å². The number of aromatic nitrogens is 1. The lowest BCUT2D eigenvalue weighted by molar-refractivity contribution is 0.0946. The molecular weight excluding hydrogens is 378 g/mol. The van der Waals surface area contributed by atoms with E-state index in [4.69, 9.17) is 4.74 Å². The second kappa shape index (κ2) is 9.80. The summed E-state index contributed by atoms with van der Waals surface area (Å²) in [6.07, 6.45) is 0. The van der Waals surface area contributed by atoms with Crippen LogP contribution in [0.2, 0.25) is 0 Å². The normalized spacial score (nSPS) is 10.5. The molecule has 1 aromatic heterocycles. The summed E-state index contributed by atoms with van der Waals surface area (Å²) in [7, 11) is 3.24. The van der Waals surface area contributed by atoms with E-state index in [9.17, 15) is 9.59 Å². The molecule has 2 amide bonds. The first-order valence-electron chi connectivity index (χ1n) is 9.67. The molecule has 2 N–H and O–H groups in total. The van der Waals surface area contributed by atoms with Crippen LogP contribution in [0.1, 0.15) is 37.5 Å². The topological polar surface area (TPSA) is 80.3 Å². The molecule has 1 heterocycles. The summed E-state index contributed by atoms with van der Waals surface area (Å²) in [5, 5.41) is 5.54. The van der Waals surface area contributed by atoms with Crippen LogP contribution in [0.3, 0.4) is 0 Å². The van der Waals surface area contributed by atoms with Crippen molar-refractivity contribution in [3.63, 3.8) is 0 Å². The summed E-state index contributed by atoms with van der Waals surface area (Å²) < 4.78 is 5.08. The highest BCUT2D eigenvalue weighted by Gasteiger charge is 2.10. The van der Waals surface area contributed by atoms with Gasteiger partial charge in [0.25, 0.3) is 11.8 Å². The Morgan fingerprint density at radius 1 is 0.900 bits per heavy atom. The standard InChI is InChI=1S/C24H25N3O3/c1-16-21(24(29)25-2)12-13-22(27-16)19-8-4-17(5-9-19)14-26-23(28)20-10-6-18(7-11-20)15-30-3/h4-13H,14-15H2,1-3H3,(H,25,29)(H,26,28). The van der Waals surface area contributed by atoms with E-state index in [1.54, 1.807) is 32.4 Å². The number of benzene rings is 2. The van der Waals surface area contributed by atoms with Gasteiger partial charge in [-0.25, -0.2) is 0 Å². The number of methoxy groups -OCH3 is 1. The zero-order chi connectivity index (χ0) is 21.5. The van der Waals surface area contributed by atoms with E-state index < -0.39 is 0 Å². The van der Waals surface area contributed by atoms with Crippen LogP contribution >= 0.6 is 0 Å². The molecule has 0 atom stereocenters. The quantitative estimate of drug-likeness (QED) is 0.633. The summed E-state index contributed by atoms with van der Waals surface area (Å²) in [5.74, 6) is -0.267. The number of pyridine rings is 1. The van der Waals surface area contributed by atoms with Gasteiger partial charge in [0.2, 0.25) is 0 Å². The molecule has 6 nitrogen and oxygen atoms in total. The molecule has 0 saturated carbocycles. The Labute approximate surface area is 176 Å². The number of rotatable bonds is 7. The number of ether oxygens (including phenoxy) is 1. The van der Waals surface area contributed by atoms with Crippen molar-refractivity contribution >= 4 is 11.8 Å². The third-order valence-electron chi connectivity index (χ3n) is 4.79. The lowest BCUT2D eigenvalue weighted by Gasteiger charge is -2.09. The molecule has 0 fully saturated rings. The number of hydrogen-bond acceptors (Lipinski definition) is 4. The second-order valence-corrected chi connectivity index (χ2v) is 6.92. The fraction of sp³-hybridized carbons (Fsp3) is 0.208. The van der Waals surface area contributed by atoms with Gasteiger partial charge < -0.3 is 15.4 Å². The average Bonchev–Trinajstić information content (AvgIpc) is 2.78. The monoisotopic (exact) mass is 403 g/mol. The molecule has 0 aliphatic rings. The predicted molar refractivity (Wildman–Crippen MR) is 116 cm³/mol. The zero-order valence-electron chi connectivity index (χ0n) is 17.4. The molecule has 0 radical (unpaired) electrons. The van der Waals surface area contributed by atoms with Crippen LogP contribution in [-0.2, 0) is 17.9 Å². The Kier molecular flexibility index (Phi) is 6.93. The first-order chi connectivity index (χ1) is 14.5. The second-order valence-electron chi connectivity index (χ2n) is 6.92. The molecular formula is C24H25N3O3. The lowest BCUT2D eigenvalue weighted by atomic mass is 10.1. The minimum Gasteiger partial charge on any atom is -0.380 e. The van der Waals surface area contributed by atoms with Crippen molar-refractivity contribution in [2.24, 2.45) is 0 Å². The Balaban J connectivity index is 1.62. The highest BCUT2D eigenvalue weighted by Crippen LogP contribution is 2.20. The van der Waals surface area contributed by atoms with Crippen LogP contribution in [0.4, 0.5) is 0 Å². The molecule has 0 spiro atoms. The van der Waals surface area contributed by atoms with Crippen LogP contribution < -0.4 is 10.6 Å². The van der Waals surface area contributed by atoms with Gasteiger partial charge in [0.15, 0.2) is 0 Å². The first kappa shape index (κ1) is 21.2. The minimum atomic E-state index is -0.147. The number of carbonyl (C=O) groups excluding carboxylic acids is 2. The molecule has 2 aromatic carbocycles. The number of nitrogens with zero attached hydrogens (tertiary/aromatic N) is 1. The van der Waals surface area contributed by atoms with Gasteiger partial charge in [-0.05, 0) is 42.3 Å². The predicted octanol–water partition coefficient (Wildman–Crippen LogP) is 3.49. The van der Waals surface area contributed by atoms with Gasteiger partial charge in [-0.2, -0.15) is 0 Å². The Morgan fingerprint density at radius 2 is 1.57 bits per heavy atom. The third-order valence-corrected chi connectivity index (χ3v) is 4.79. The van der Waals surface area contributed by atoms with Crippen LogP contribution in [-0.4, -0.2) is 31.0 Å². The Bertz CT molecular complexity index is 1030. The maximum absolute atomic E-state index is 12.3. The SMILES string of the molecule is CNC(=O)c1ccc(-c2ccc(CNC(=O)c3ccc(COC)cc3)cc2)nc1C. The number of aryl methyl sites for hydroxylation is 1. The highest BCUT2D eigenvalue weighted by molar-refractivity contribution is 5.95. The van der Waals surface area contributed by atoms with Crippen LogP contribution in [0.15, 0.2) is 60.7 Å². The lowest BCUT2D eigenvalue weighted by Crippen LogP contribution is -2.22. The molecule has 30 heavy (non-hydrogen) atoms. The Hall–Kier alpha value is -3.51. The number of amides is 2. The van der Waals surface area contributed by atoms with Crippen molar-refractivity contribution in [2.75, 3.05) is 14.2 Å². The van der Waals surface area contributed by atoms with E-state index in [0.29, 0.717) is 30.0 Å². The fourth-order valence-corrected chi connectivity index (χ4v) is 3.09. The van der Waals surface area contributed by atoms with Crippen molar-refractivity contribution < 1.29 is 14.3 Å². The molecule has 0 aliphatic carbocycles. The third kappa shape index (κ3) is 5.10. The van der Waals surface area contributed by atoms with Crippen molar-refractivity contribution in [3.8, 4) is 11.3 Å². The molecule has 0 aliphatic heterocycles. The molecule has 0 unspecified atom stereocenters.